The van der Waals surface area contributed by atoms with Gasteiger partial charge in [0.1, 0.15) is 6.04 Å². The van der Waals surface area contributed by atoms with Gasteiger partial charge >= 0.3 is 0 Å². The zero-order valence-electron chi connectivity index (χ0n) is 18.2. The van der Waals surface area contributed by atoms with E-state index in [1.807, 2.05) is 4.90 Å². The van der Waals surface area contributed by atoms with Crippen molar-refractivity contribution in [3.05, 3.63) is 41.5 Å². The molecule has 3 N–H and O–H groups in total. The van der Waals surface area contributed by atoms with Crippen LogP contribution in [0.15, 0.2) is 24.5 Å². The molecule has 1 aromatic heterocycles. The summed E-state index contributed by atoms with van der Waals surface area (Å²) in [5.74, 6) is 0.344. The van der Waals surface area contributed by atoms with Gasteiger partial charge in [0.2, 0.25) is 5.91 Å². The van der Waals surface area contributed by atoms with Crippen LogP contribution in [0.25, 0.3) is 0 Å². The molecule has 9 nitrogen and oxygen atoms in total. The number of likely N-dealkylation sites (tertiary alicyclic amines) is 1. The van der Waals surface area contributed by atoms with Crippen molar-refractivity contribution in [3.8, 4) is 11.5 Å². The number of H-pyrrole nitrogens is 1. The van der Waals surface area contributed by atoms with Gasteiger partial charge in [-0.25, -0.2) is 4.98 Å². The largest absolute Gasteiger partial charge is 0.493 e. The number of amides is 2. The van der Waals surface area contributed by atoms with Crippen LogP contribution in [0.3, 0.4) is 0 Å². The molecule has 166 valence electrons. The number of rotatable bonds is 5. The van der Waals surface area contributed by atoms with Gasteiger partial charge in [-0.3, -0.25) is 9.59 Å². The minimum atomic E-state index is -0.655. The summed E-state index contributed by atoms with van der Waals surface area (Å²) in [5.41, 5.74) is 2.42. The standard InChI is InChI=1S/C22H29N5O4/c1-14(26-20(28)15-5-4-6-17(30-2)18(15)31-3)21(29)27-11-8-22(9-12-27)19-16(7-10-25-22)23-13-24-19/h4-6,13-14,25H,7-12H2,1-3H3,(H,23,24)(H,26,28)/t14-/m1/s1. The van der Waals surface area contributed by atoms with E-state index in [4.69, 9.17) is 9.47 Å². The maximum Gasteiger partial charge on any atom is 0.255 e. The van der Waals surface area contributed by atoms with Crippen molar-refractivity contribution >= 4 is 11.8 Å². The number of carbonyl (C=O) groups excluding carboxylic acids is 2. The molecule has 0 aliphatic carbocycles. The summed E-state index contributed by atoms with van der Waals surface area (Å²) >= 11 is 0. The van der Waals surface area contributed by atoms with Gasteiger partial charge in [0.15, 0.2) is 11.5 Å². The number of imidazole rings is 1. The summed E-state index contributed by atoms with van der Waals surface area (Å²) in [5, 5.41) is 6.43. The highest BCUT2D eigenvalue weighted by molar-refractivity contribution is 6.00. The molecule has 3 heterocycles. The quantitative estimate of drug-likeness (QED) is 0.662. The molecule has 0 unspecified atom stereocenters. The molecule has 2 aliphatic heterocycles. The minimum absolute atomic E-state index is 0.0943. The summed E-state index contributed by atoms with van der Waals surface area (Å²) in [6.45, 7) is 3.83. The summed E-state index contributed by atoms with van der Waals surface area (Å²) < 4.78 is 10.6. The summed E-state index contributed by atoms with van der Waals surface area (Å²) in [7, 11) is 3.00. The number of aromatic nitrogens is 2. The highest BCUT2D eigenvalue weighted by Gasteiger charge is 2.42. The highest BCUT2D eigenvalue weighted by Crippen LogP contribution is 2.36. The number of para-hydroxylation sites is 1. The van der Waals surface area contributed by atoms with Gasteiger partial charge in [0.25, 0.3) is 5.91 Å². The number of benzene rings is 1. The van der Waals surface area contributed by atoms with Crippen molar-refractivity contribution in [1.82, 2.24) is 25.5 Å². The van der Waals surface area contributed by atoms with Gasteiger partial charge in [-0.1, -0.05) is 6.07 Å². The number of methoxy groups -OCH3 is 2. The van der Waals surface area contributed by atoms with E-state index in [-0.39, 0.29) is 17.4 Å². The van der Waals surface area contributed by atoms with Crippen molar-refractivity contribution in [2.75, 3.05) is 33.9 Å². The molecule has 9 heteroatoms. The average Bonchev–Trinajstić information content (AvgIpc) is 3.29. The summed E-state index contributed by atoms with van der Waals surface area (Å²) in [6.07, 6.45) is 4.28. The first-order chi connectivity index (χ1) is 15.0. The van der Waals surface area contributed by atoms with Crippen LogP contribution in [0.5, 0.6) is 11.5 Å². The zero-order valence-corrected chi connectivity index (χ0v) is 18.2. The minimum Gasteiger partial charge on any atom is -0.493 e. The number of nitrogens with one attached hydrogen (secondary N) is 3. The fourth-order valence-electron chi connectivity index (χ4n) is 4.63. The Balaban J connectivity index is 1.40. The number of ether oxygens (including phenoxy) is 2. The fraction of sp³-hybridized carbons (Fsp3) is 0.500. The molecule has 1 spiro atoms. The van der Waals surface area contributed by atoms with E-state index in [0.29, 0.717) is 30.2 Å². The van der Waals surface area contributed by atoms with Crippen molar-refractivity contribution in [3.63, 3.8) is 0 Å². The van der Waals surface area contributed by atoms with Crippen LogP contribution in [0.1, 0.15) is 41.5 Å². The second-order valence-corrected chi connectivity index (χ2v) is 8.05. The first-order valence-corrected chi connectivity index (χ1v) is 10.6. The van der Waals surface area contributed by atoms with Crippen LogP contribution in [-0.4, -0.2) is 66.6 Å². The topological polar surface area (TPSA) is 109 Å². The average molecular weight is 428 g/mol. The molecule has 1 aromatic carbocycles. The van der Waals surface area contributed by atoms with E-state index < -0.39 is 6.04 Å². The predicted octanol–water partition coefficient (Wildman–Crippen LogP) is 1.21. The smallest absolute Gasteiger partial charge is 0.255 e. The Morgan fingerprint density at radius 1 is 1.23 bits per heavy atom. The van der Waals surface area contributed by atoms with E-state index in [2.05, 4.69) is 20.6 Å². The molecule has 2 amide bonds. The van der Waals surface area contributed by atoms with E-state index >= 15 is 0 Å². The summed E-state index contributed by atoms with van der Waals surface area (Å²) in [6, 6.07) is 4.43. The lowest BCUT2D eigenvalue weighted by atomic mass is 9.80. The van der Waals surface area contributed by atoms with Crippen LogP contribution >= 0.6 is 0 Å². The van der Waals surface area contributed by atoms with Crippen LogP contribution in [0.4, 0.5) is 0 Å². The molecule has 2 aliphatic rings. The van der Waals surface area contributed by atoms with Crippen molar-refractivity contribution in [2.24, 2.45) is 0 Å². The molecule has 0 radical (unpaired) electrons. The SMILES string of the molecule is COc1cccc(C(=O)N[C@H](C)C(=O)N2CCC3(CC2)NCCc2[nH]cnc23)c1OC. The molecule has 0 bridgehead atoms. The maximum absolute atomic E-state index is 13.0. The molecule has 0 saturated carbocycles. The number of hydrogen-bond acceptors (Lipinski definition) is 6. The third-order valence-electron chi connectivity index (χ3n) is 6.30. The zero-order chi connectivity index (χ0) is 22.0. The monoisotopic (exact) mass is 427 g/mol. The fourth-order valence-corrected chi connectivity index (χ4v) is 4.63. The Kier molecular flexibility index (Phi) is 5.86. The molecule has 31 heavy (non-hydrogen) atoms. The van der Waals surface area contributed by atoms with E-state index in [0.717, 1.165) is 31.5 Å². The highest BCUT2D eigenvalue weighted by atomic mass is 16.5. The lowest BCUT2D eigenvalue weighted by molar-refractivity contribution is -0.134. The van der Waals surface area contributed by atoms with Gasteiger partial charge in [0, 0.05) is 31.7 Å². The number of fused-ring (bicyclic) bond motifs is 2. The van der Waals surface area contributed by atoms with Crippen molar-refractivity contribution < 1.29 is 19.1 Å². The number of hydrogen-bond donors (Lipinski definition) is 3. The Bertz CT molecular complexity index is 965. The van der Waals surface area contributed by atoms with E-state index in [1.165, 1.54) is 19.9 Å². The molecule has 1 saturated heterocycles. The van der Waals surface area contributed by atoms with E-state index in [1.54, 1.807) is 31.5 Å². The van der Waals surface area contributed by atoms with Crippen LogP contribution in [0.2, 0.25) is 0 Å². The van der Waals surface area contributed by atoms with Gasteiger partial charge in [-0.15, -0.1) is 0 Å². The first kappa shape index (κ1) is 21.2. The lowest BCUT2D eigenvalue weighted by Gasteiger charge is -2.44. The second-order valence-electron chi connectivity index (χ2n) is 8.05. The van der Waals surface area contributed by atoms with Gasteiger partial charge in [-0.2, -0.15) is 0 Å². The molecular formula is C22H29N5O4. The maximum atomic E-state index is 13.0. The predicted molar refractivity (Wildman–Crippen MR) is 114 cm³/mol. The Morgan fingerprint density at radius 2 is 2.00 bits per heavy atom. The number of aromatic amines is 1. The molecule has 1 atom stereocenters. The van der Waals surface area contributed by atoms with Crippen LogP contribution < -0.4 is 20.1 Å². The normalized spacial score (nSPS) is 18.2. The van der Waals surface area contributed by atoms with Gasteiger partial charge in [-0.05, 0) is 31.9 Å². The number of nitrogens with zero attached hydrogens (tertiary/aromatic N) is 2. The van der Waals surface area contributed by atoms with Crippen LogP contribution in [0, 0.1) is 0 Å². The van der Waals surface area contributed by atoms with Crippen LogP contribution in [-0.2, 0) is 16.8 Å². The first-order valence-electron chi connectivity index (χ1n) is 10.6. The van der Waals surface area contributed by atoms with Gasteiger partial charge in [0.05, 0.1) is 37.3 Å². The Morgan fingerprint density at radius 3 is 2.71 bits per heavy atom. The number of carbonyl (C=O) groups is 2. The third kappa shape index (κ3) is 3.85. The molecule has 1 fully saturated rings. The van der Waals surface area contributed by atoms with Crippen molar-refractivity contribution in [2.45, 2.75) is 37.8 Å². The molecule has 2 aromatic rings. The molecule has 4 rings (SSSR count). The Labute approximate surface area is 181 Å². The number of piperidine rings is 1. The second kappa shape index (κ2) is 8.58. The lowest BCUT2D eigenvalue weighted by Crippen LogP contribution is -2.57. The summed E-state index contributed by atoms with van der Waals surface area (Å²) in [4.78, 5) is 35.4. The molecular weight excluding hydrogens is 398 g/mol. The van der Waals surface area contributed by atoms with E-state index in [9.17, 15) is 9.59 Å². The Hall–Kier alpha value is -3.07. The van der Waals surface area contributed by atoms with Gasteiger partial charge < -0.3 is 30.0 Å². The third-order valence-corrected chi connectivity index (χ3v) is 6.30. The van der Waals surface area contributed by atoms with Crippen molar-refractivity contribution in [1.29, 1.82) is 0 Å².